The standard InChI is InChI=1S/C15H9F3OS/c16-11-7-13(18)12(17)6-10(11)14(19)9-3-1-2-8-4-5-20-15(8)9/h1-7,14,19H. The van der Waals surface area contributed by atoms with Crippen LogP contribution in [-0.4, -0.2) is 5.11 Å². The van der Waals surface area contributed by atoms with E-state index < -0.39 is 23.6 Å². The minimum absolute atomic E-state index is 0.273. The topological polar surface area (TPSA) is 20.2 Å². The van der Waals surface area contributed by atoms with Gasteiger partial charge in [-0.1, -0.05) is 18.2 Å². The van der Waals surface area contributed by atoms with Crippen LogP contribution in [0.5, 0.6) is 0 Å². The SMILES string of the molecule is OC(c1cc(F)c(F)cc1F)c1cccc2ccsc12. The second kappa shape index (κ2) is 4.92. The van der Waals surface area contributed by atoms with Crippen LogP contribution in [0.4, 0.5) is 13.2 Å². The van der Waals surface area contributed by atoms with Crippen molar-refractivity contribution in [2.75, 3.05) is 0 Å². The van der Waals surface area contributed by atoms with E-state index in [-0.39, 0.29) is 5.56 Å². The lowest BCUT2D eigenvalue weighted by molar-refractivity contribution is 0.215. The maximum Gasteiger partial charge on any atom is 0.161 e. The van der Waals surface area contributed by atoms with Gasteiger partial charge in [0.25, 0.3) is 0 Å². The lowest BCUT2D eigenvalue weighted by Gasteiger charge is -2.13. The van der Waals surface area contributed by atoms with Gasteiger partial charge in [0.2, 0.25) is 0 Å². The summed E-state index contributed by atoms with van der Waals surface area (Å²) in [4.78, 5) is 0. The molecule has 0 bridgehead atoms. The molecular formula is C15H9F3OS. The Morgan fingerprint density at radius 3 is 2.45 bits per heavy atom. The van der Waals surface area contributed by atoms with Crippen molar-refractivity contribution in [1.82, 2.24) is 0 Å². The third-order valence-corrected chi connectivity index (χ3v) is 4.12. The van der Waals surface area contributed by atoms with Crippen LogP contribution >= 0.6 is 11.3 Å². The lowest BCUT2D eigenvalue weighted by atomic mass is 10.00. The normalized spacial score (nSPS) is 12.8. The van der Waals surface area contributed by atoms with E-state index in [0.29, 0.717) is 17.7 Å². The van der Waals surface area contributed by atoms with Gasteiger partial charge in [-0.05, 0) is 22.9 Å². The highest BCUT2D eigenvalue weighted by Crippen LogP contribution is 2.33. The van der Waals surface area contributed by atoms with Crippen molar-refractivity contribution in [3.63, 3.8) is 0 Å². The molecule has 0 aliphatic carbocycles. The molecule has 1 unspecified atom stereocenters. The molecule has 0 saturated carbocycles. The average molecular weight is 294 g/mol. The smallest absolute Gasteiger partial charge is 0.161 e. The number of thiophene rings is 1. The van der Waals surface area contributed by atoms with Gasteiger partial charge in [-0.2, -0.15) is 0 Å². The number of halogens is 3. The molecule has 1 nitrogen and oxygen atoms in total. The molecule has 5 heteroatoms. The van der Waals surface area contributed by atoms with E-state index >= 15 is 0 Å². The van der Waals surface area contributed by atoms with Crippen molar-refractivity contribution in [1.29, 1.82) is 0 Å². The van der Waals surface area contributed by atoms with Crippen molar-refractivity contribution in [3.05, 3.63) is 70.4 Å². The highest BCUT2D eigenvalue weighted by atomic mass is 32.1. The Balaban J connectivity index is 2.15. The maximum absolute atomic E-state index is 13.7. The first kappa shape index (κ1) is 13.1. The molecule has 0 saturated heterocycles. The monoisotopic (exact) mass is 294 g/mol. The summed E-state index contributed by atoms with van der Waals surface area (Å²) in [7, 11) is 0. The van der Waals surface area contributed by atoms with Gasteiger partial charge in [0.05, 0.1) is 0 Å². The molecular weight excluding hydrogens is 285 g/mol. The van der Waals surface area contributed by atoms with E-state index in [1.54, 1.807) is 12.1 Å². The zero-order chi connectivity index (χ0) is 14.3. The van der Waals surface area contributed by atoms with E-state index in [0.717, 1.165) is 10.1 Å². The molecule has 2 aromatic carbocycles. The molecule has 102 valence electrons. The van der Waals surface area contributed by atoms with E-state index in [9.17, 15) is 18.3 Å². The first-order chi connectivity index (χ1) is 9.58. The van der Waals surface area contributed by atoms with Crippen LogP contribution in [0.25, 0.3) is 10.1 Å². The molecule has 0 fully saturated rings. The summed E-state index contributed by atoms with van der Waals surface area (Å²) in [6.45, 7) is 0. The zero-order valence-electron chi connectivity index (χ0n) is 10.1. The minimum Gasteiger partial charge on any atom is -0.383 e. The Kier molecular flexibility index (Phi) is 3.23. The van der Waals surface area contributed by atoms with Crippen LogP contribution < -0.4 is 0 Å². The summed E-state index contributed by atoms with van der Waals surface area (Å²) in [6, 6.07) is 8.25. The highest BCUT2D eigenvalue weighted by molar-refractivity contribution is 7.17. The summed E-state index contributed by atoms with van der Waals surface area (Å²) in [6.07, 6.45) is -1.34. The number of aliphatic hydroxyl groups excluding tert-OH is 1. The quantitative estimate of drug-likeness (QED) is 0.695. The van der Waals surface area contributed by atoms with Crippen molar-refractivity contribution in [3.8, 4) is 0 Å². The Hall–Kier alpha value is -1.85. The third kappa shape index (κ3) is 2.09. The number of benzene rings is 2. The Morgan fingerprint density at radius 2 is 1.65 bits per heavy atom. The van der Waals surface area contributed by atoms with Crippen molar-refractivity contribution >= 4 is 21.4 Å². The molecule has 0 spiro atoms. The molecule has 0 amide bonds. The van der Waals surface area contributed by atoms with Crippen LogP contribution in [0.3, 0.4) is 0 Å². The average Bonchev–Trinajstić information content (AvgIpc) is 2.90. The van der Waals surface area contributed by atoms with Gasteiger partial charge < -0.3 is 5.11 Å². The fraction of sp³-hybridized carbons (Fsp3) is 0.0667. The van der Waals surface area contributed by atoms with Crippen molar-refractivity contribution in [2.45, 2.75) is 6.10 Å². The summed E-state index contributed by atoms with van der Waals surface area (Å²) in [5.41, 5.74) is 0.201. The summed E-state index contributed by atoms with van der Waals surface area (Å²) in [5, 5.41) is 13.0. The number of rotatable bonds is 2. The second-order valence-electron chi connectivity index (χ2n) is 4.38. The van der Waals surface area contributed by atoms with Crippen LogP contribution in [0.2, 0.25) is 0 Å². The van der Waals surface area contributed by atoms with E-state index in [4.69, 9.17) is 0 Å². The molecule has 0 radical (unpaired) electrons. The van der Waals surface area contributed by atoms with Gasteiger partial charge in [0, 0.05) is 21.9 Å². The lowest BCUT2D eigenvalue weighted by Crippen LogP contribution is -2.04. The van der Waals surface area contributed by atoms with Gasteiger partial charge in [-0.25, -0.2) is 13.2 Å². The van der Waals surface area contributed by atoms with Crippen LogP contribution in [0.1, 0.15) is 17.2 Å². The first-order valence-corrected chi connectivity index (χ1v) is 6.74. The molecule has 3 aromatic rings. The zero-order valence-corrected chi connectivity index (χ0v) is 10.9. The fourth-order valence-corrected chi connectivity index (χ4v) is 3.09. The predicted octanol–water partition coefficient (Wildman–Crippen LogP) is 4.40. The molecule has 0 aliphatic heterocycles. The largest absolute Gasteiger partial charge is 0.383 e. The molecule has 1 atom stereocenters. The fourth-order valence-electron chi connectivity index (χ4n) is 2.15. The van der Waals surface area contributed by atoms with Gasteiger partial charge in [-0.3, -0.25) is 0 Å². The number of hydrogen-bond donors (Lipinski definition) is 1. The van der Waals surface area contributed by atoms with Gasteiger partial charge in [-0.15, -0.1) is 11.3 Å². The predicted molar refractivity (Wildman–Crippen MR) is 72.2 cm³/mol. The first-order valence-electron chi connectivity index (χ1n) is 5.86. The van der Waals surface area contributed by atoms with Crippen molar-refractivity contribution in [2.24, 2.45) is 0 Å². The van der Waals surface area contributed by atoms with Crippen molar-refractivity contribution < 1.29 is 18.3 Å². The molecule has 0 aliphatic rings. The Labute approximate surface area is 116 Å². The molecule has 1 heterocycles. The molecule has 3 rings (SSSR count). The number of hydrogen-bond acceptors (Lipinski definition) is 2. The van der Waals surface area contributed by atoms with Crippen LogP contribution in [0, 0.1) is 17.5 Å². The summed E-state index contributed by atoms with van der Waals surface area (Å²) >= 11 is 1.40. The third-order valence-electron chi connectivity index (χ3n) is 3.14. The number of fused-ring (bicyclic) bond motifs is 1. The van der Waals surface area contributed by atoms with Gasteiger partial charge >= 0.3 is 0 Å². The number of aliphatic hydroxyl groups is 1. The van der Waals surface area contributed by atoms with Crippen LogP contribution in [-0.2, 0) is 0 Å². The van der Waals surface area contributed by atoms with E-state index in [1.165, 1.54) is 11.3 Å². The van der Waals surface area contributed by atoms with Crippen LogP contribution in [0.15, 0.2) is 41.8 Å². The second-order valence-corrected chi connectivity index (χ2v) is 5.29. The highest BCUT2D eigenvalue weighted by Gasteiger charge is 2.20. The molecule has 1 N–H and O–H groups in total. The summed E-state index contributed by atoms with van der Waals surface area (Å²) in [5.74, 6) is -3.42. The minimum atomic E-state index is -1.34. The summed E-state index contributed by atoms with van der Waals surface area (Å²) < 4.78 is 40.7. The van der Waals surface area contributed by atoms with E-state index in [1.807, 2.05) is 17.5 Å². The Bertz CT molecular complexity index is 782. The molecule has 1 aromatic heterocycles. The van der Waals surface area contributed by atoms with Gasteiger partial charge in [0.1, 0.15) is 11.9 Å². The maximum atomic E-state index is 13.7. The van der Waals surface area contributed by atoms with Gasteiger partial charge in [0.15, 0.2) is 11.6 Å². The Morgan fingerprint density at radius 1 is 0.900 bits per heavy atom. The molecule has 20 heavy (non-hydrogen) atoms. The van der Waals surface area contributed by atoms with E-state index in [2.05, 4.69) is 0 Å².